The van der Waals surface area contributed by atoms with Gasteiger partial charge in [-0.05, 0) is 34.1 Å². The molecule has 1 rings (SSSR count). The third kappa shape index (κ3) is 7.40. The zero-order valence-electron chi connectivity index (χ0n) is 14.9. The van der Waals surface area contributed by atoms with Gasteiger partial charge < -0.3 is 10.2 Å². The highest BCUT2D eigenvalue weighted by atomic mass is 32.2. The van der Waals surface area contributed by atoms with Crippen LogP contribution in [-0.4, -0.2) is 57.0 Å². The minimum absolute atomic E-state index is 0.00651. The van der Waals surface area contributed by atoms with E-state index in [0.717, 1.165) is 28.2 Å². The van der Waals surface area contributed by atoms with E-state index in [0.29, 0.717) is 11.5 Å². The van der Waals surface area contributed by atoms with Gasteiger partial charge in [-0.1, -0.05) is 41.8 Å². The van der Waals surface area contributed by atoms with Gasteiger partial charge in [0.2, 0.25) is 11.8 Å². The lowest BCUT2D eigenvalue weighted by atomic mass is 10.0. The molecular weight excluding hydrogens is 364 g/mol. The molecule has 1 heterocycles. The molecule has 0 aliphatic heterocycles. The SMILES string of the molecule is CCN(CC)C(=O)CSc1nnc(SCC(=O)NC(C)(C)CC)s1. The summed E-state index contributed by atoms with van der Waals surface area (Å²) >= 11 is 4.19. The van der Waals surface area contributed by atoms with Gasteiger partial charge in [-0.25, -0.2) is 0 Å². The van der Waals surface area contributed by atoms with E-state index in [2.05, 4.69) is 15.5 Å². The van der Waals surface area contributed by atoms with Gasteiger partial charge in [0.15, 0.2) is 8.68 Å². The van der Waals surface area contributed by atoms with E-state index in [-0.39, 0.29) is 17.4 Å². The van der Waals surface area contributed by atoms with Crippen molar-refractivity contribution < 1.29 is 9.59 Å². The molecule has 9 heteroatoms. The minimum Gasteiger partial charge on any atom is -0.351 e. The van der Waals surface area contributed by atoms with Gasteiger partial charge in [0.1, 0.15) is 0 Å². The van der Waals surface area contributed by atoms with Gasteiger partial charge in [-0.2, -0.15) is 0 Å². The molecule has 0 saturated heterocycles. The summed E-state index contributed by atoms with van der Waals surface area (Å²) in [5, 5.41) is 11.1. The summed E-state index contributed by atoms with van der Waals surface area (Å²) in [7, 11) is 0. The zero-order chi connectivity index (χ0) is 18.2. The summed E-state index contributed by atoms with van der Waals surface area (Å²) in [5.74, 6) is 0.788. The number of nitrogens with one attached hydrogen (secondary N) is 1. The van der Waals surface area contributed by atoms with E-state index < -0.39 is 0 Å². The number of rotatable bonds is 10. The fraction of sp³-hybridized carbons (Fsp3) is 0.733. The molecule has 24 heavy (non-hydrogen) atoms. The van der Waals surface area contributed by atoms with E-state index in [4.69, 9.17) is 0 Å². The second-order valence-corrected chi connectivity index (χ2v) is 9.19. The van der Waals surface area contributed by atoms with Crippen molar-refractivity contribution in [2.75, 3.05) is 24.6 Å². The molecule has 0 bridgehead atoms. The van der Waals surface area contributed by atoms with Crippen molar-refractivity contribution in [3.05, 3.63) is 0 Å². The highest BCUT2D eigenvalue weighted by molar-refractivity contribution is 8.03. The van der Waals surface area contributed by atoms with Gasteiger partial charge in [0.25, 0.3) is 0 Å². The van der Waals surface area contributed by atoms with E-state index in [1.165, 1.54) is 34.9 Å². The van der Waals surface area contributed by atoms with Crippen LogP contribution < -0.4 is 5.32 Å². The number of carbonyl (C=O) groups is 2. The van der Waals surface area contributed by atoms with Gasteiger partial charge in [0.05, 0.1) is 11.5 Å². The Balaban J connectivity index is 2.41. The lowest BCUT2D eigenvalue weighted by Crippen LogP contribution is -2.43. The molecule has 0 unspecified atom stereocenters. The van der Waals surface area contributed by atoms with Crippen LogP contribution in [0.3, 0.4) is 0 Å². The first-order valence-corrected chi connectivity index (χ1v) is 10.8. The summed E-state index contributed by atoms with van der Waals surface area (Å²) in [5.41, 5.74) is -0.190. The van der Waals surface area contributed by atoms with Crippen LogP contribution in [0.1, 0.15) is 41.0 Å². The topological polar surface area (TPSA) is 75.2 Å². The van der Waals surface area contributed by atoms with Gasteiger partial charge in [-0.15, -0.1) is 10.2 Å². The predicted octanol–water partition coefficient (Wildman–Crippen LogP) is 2.90. The molecule has 0 saturated carbocycles. The van der Waals surface area contributed by atoms with Crippen LogP contribution >= 0.6 is 34.9 Å². The largest absolute Gasteiger partial charge is 0.351 e. The summed E-state index contributed by atoms with van der Waals surface area (Å²) in [4.78, 5) is 25.7. The number of hydrogen-bond donors (Lipinski definition) is 1. The van der Waals surface area contributed by atoms with Crippen LogP contribution in [0.2, 0.25) is 0 Å². The fourth-order valence-corrected chi connectivity index (χ4v) is 4.46. The molecule has 0 aliphatic rings. The molecule has 0 spiro atoms. The Morgan fingerprint density at radius 3 is 2.12 bits per heavy atom. The zero-order valence-corrected chi connectivity index (χ0v) is 17.4. The Morgan fingerprint density at radius 1 is 1.08 bits per heavy atom. The normalized spacial score (nSPS) is 11.4. The molecule has 0 aliphatic carbocycles. The molecular formula is C15H26N4O2S3. The minimum atomic E-state index is -0.190. The molecule has 2 amide bonds. The first-order valence-electron chi connectivity index (χ1n) is 7.99. The quantitative estimate of drug-likeness (QED) is 0.619. The Morgan fingerprint density at radius 2 is 1.62 bits per heavy atom. The molecule has 1 aromatic rings. The van der Waals surface area contributed by atoms with Crippen LogP contribution in [0.15, 0.2) is 8.68 Å². The summed E-state index contributed by atoms with van der Waals surface area (Å²) in [6.07, 6.45) is 0.879. The average molecular weight is 391 g/mol. The van der Waals surface area contributed by atoms with Crippen LogP contribution in [0, 0.1) is 0 Å². The molecule has 0 fully saturated rings. The third-order valence-electron chi connectivity index (χ3n) is 3.51. The van der Waals surface area contributed by atoms with Crippen LogP contribution in [0.4, 0.5) is 0 Å². The first-order chi connectivity index (χ1) is 11.3. The molecule has 0 atom stereocenters. The van der Waals surface area contributed by atoms with E-state index >= 15 is 0 Å². The lowest BCUT2D eigenvalue weighted by Gasteiger charge is -2.24. The number of hydrogen-bond acceptors (Lipinski definition) is 7. The Labute approximate surface area is 156 Å². The highest BCUT2D eigenvalue weighted by Crippen LogP contribution is 2.28. The Bertz CT molecular complexity index is 545. The molecule has 136 valence electrons. The maximum Gasteiger partial charge on any atom is 0.233 e. The van der Waals surface area contributed by atoms with Gasteiger partial charge in [-0.3, -0.25) is 9.59 Å². The summed E-state index contributed by atoms with van der Waals surface area (Å²) in [6, 6.07) is 0. The highest BCUT2D eigenvalue weighted by Gasteiger charge is 2.18. The van der Waals surface area contributed by atoms with Crippen molar-refractivity contribution in [1.29, 1.82) is 0 Å². The monoisotopic (exact) mass is 390 g/mol. The molecule has 0 aromatic carbocycles. The summed E-state index contributed by atoms with van der Waals surface area (Å²) < 4.78 is 1.50. The number of aromatic nitrogens is 2. The maximum atomic E-state index is 12.0. The molecule has 1 N–H and O–H groups in total. The Kier molecular flexibility index (Phi) is 9.07. The second-order valence-electron chi connectivity index (χ2n) is 5.76. The summed E-state index contributed by atoms with van der Waals surface area (Å²) in [6.45, 7) is 11.4. The number of amides is 2. The van der Waals surface area contributed by atoms with Crippen LogP contribution in [-0.2, 0) is 9.59 Å². The van der Waals surface area contributed by atoms with Crippen molar-refractivity contribution in [2.45, 2.75) is 55.3 Å². The van der Waals surface area contributed by atoms with E-state index in [1.54, 1.807) is 4.90 Å². The van der Waals surface area contributed by atoms with Crippen molar-refractivity contribution in [3.63, 3.8) is 0 Å². The van der Waals surface area contributed by atoms with Crippen LogP contribution in [0.25, 0.3) is 0 Å². The Hall–Kier alpha value is -0.800. The van der Waals surface area contributed by atoms with E-state index in [9.17, 15) is 9.59 Å². The lowest BCUT2D eigenvalue weighted by molar-refractivity contribution is -0.128. The molecule has 1 aromatic heterocycles. The molecule has 0 radical (unpaired) electrons. The van der Waals surface area contributed by atoms with Gasteiger partial charge >= 0.3 is 0 Å². The van der Waals surface area contributed by atoms with E-state index in [1.807, 2.05) is 34.6 Å². The van der Waals surface area contributed by atoms with Crippen LogP contribution in [0.5, 0.6) is 0 Å². The van der Waals surface area contributed by atoms with Crippen molar-refractivity contribution in [3.8, 4) is 0 Å². The molecule has 6 nitrogen and oxygen atoms in total. The van der Waals surface area contributed by atoms with Gasteiger partial charge in [0, 0.05) is 18.6 Å². The van der Waals surface area contributed by atoms with Crippen molar-refractivity contribution in [1.82, 2.24) is 20.4 Å². The maximum absolute atomic E-state index is 12.0. The second kappa shape index (κ2) is 10.2. The number of thioether (sulfide) groups is 2. The van der Waals surface area contributed by atoms with Crippen molar-refractivity contribution in [2.24, 2.45) is 0 Å². The smallest absolute Gasteiger partial charge is 0.233 e. The van der Waals surface area contributed by atoms with Crippen molar-refractivity contribution >= 4 is 46.7 Å². The standard InChI is InChI=1S/C15H26N4O2S3/c1-6-15(4,5)16-11(20)9-22-13-17-18-14(24-13)23-10-12(21)19(7-2)8-3/h6-10H2,1-5H3,(H,16,20). The third-order valence-corrected chi connectivity index (χ3v) is 6.69. The fourth-order valence-electron chi connectivity index (χ4n) is 1.73. The number of carbonyl (C=O) groups excluding carboxylic acids is 2. The number of nitrogens with zero attached hydrogens (tertiary/aromatic N) is 3. The predicted molar refractivity (Wildman–Crippen MR) is 102 cm³/mol. The first kappa shape index (κ1) is 21.2. The average Bonchev–Trinajstić information content (AvgIpc) is 3.00.